The van der Waals surface area contributed by atoms with Gasteiger partial charge in [0, 0.05) is 17.1 Å². The van der Waals surface area contributed by atoms with Crippen molar-refractivity contribution in [3.8, 4) is 0 Å². The highest BCUT2D eigenvalue weighted by atomic mass is 79.9. The lowest BCUT2D eigenvalue weighted by molar-refractivity contribution is -0.142. The lowest BCUT2D eigenvalue weighted by Gasteiger charge is -2.12. The van der Waals surface area contributed by atoms with Crippen molar-refractivity contribution in [1.82, 2.24) is 10.0 Å². The Hall–Kier alpha value is -0.960. The van der Waals surface area contributed by atoms with Crippen LogP contribution in [0.3, 0.4) is 0 Å². The molecule has 2 N–H and O–H groups in total. The van der Waals surface area contributed by atoms with E-state index in [-0.39, 0.29) is 16.9 Å². The Kier molecular flexibility index (Phi) is 4.79. The van der Waals surface area contributed by atoms with Crippen LogP contribution >= 0.6 is 15.9 Å². The van der Waals surface area contributed by atoms with Gasteiger partial charge in [-0.1, -0.05) is 22.0 Å². The first-order valence-electron chi connectivity index (χ1n) is 6.01. The monoisotopic (exact) mass is 362 g/mol. The largest absolute Gasteiger partial charge is 0.468 e. The molecule has 2 rings (SSSR count). The Morgan fingerprint density at radius 2 is 2.25 bits per heavy atom. The summed E-state index contributed by atoms with van der Waals surface area (Å²) in [4.78, 5) is 11.6. The van der Waals surface area contributed by atoms with Crippen LogP contribution in [0.25, 0.3) is 0 Å². The number of ether oxygens (including phenoxy) is 1. The minimum atomic E-state index is -3.59. The van der Waals surface area contributed by atoms with Crippen LogP contribution in [0.2, 0.25) is 0 Å². The van der Waals surface area contributed by atoms with E-state index in [1.807, 2.05) is 0 Å². The smallest absolute Gasteiger partial charge is 0.322 e. The molecule has 1 heterocycles. The molecule has 0 aliphatic carbocycles. The number of halogens is 1. The molecule has 1 aromatic rings. The predicted molar refractivity (Wildman–Crippen MR) is 76.7 cm³/mol. The molecule has 1 fully saturated rings. The summed E-state index contributed by atoms with van der Waals surface area (Å²) in [6, 6.07) is 5.67. The van der Waals surface area contributed by atoms with Crippen LogP contribution in [0.1, 0.15) is 6.42 Å². The maximum absolute atomic E-state index is 12.2. The van der Waals surface area contributed by atoms with Crippen LogP contribution in [-0.2, 0) is 19.6 Å². The van der Waals surface area contributed by atoms with E-state index >= 15 is 0 Å². The molecule has 0 saturated carbocycles. The van der Waals surface area contributed by atoms with Gasteiger partial charge in [0.15, 0.2) is 0 Å². The van der Waals surface area contributed by atoms with E-state index in [0.29, 0.717) is 17.4 Å². The van der Waals surface area contributed by atoms with Crippen molar-refractivity contribution in [3.05, 3.63) is 28.7 Å². The average molecular weight is 363 g/mol. The standard InChI is InChI=1S/C12H15BrN2O4S/c1-19-12(16)11-6-9(7-14-11)15-20(17,18)10-4-2-3-8(13)5-10/h2-5,9,11,14-15H,6-7H2,1H3. The van der Waals surface area contributed by atoms with Gasteiger partial charge in [0.1, 0.15) is 6.04 Å². The molecular weight excluding hydrogens is 348 g/mol. The quantitative estimate of drug-likeness (QED) is 0.767. The number of rotatable bonds is 4. The summed E-state index contributed by atoms with van der Waals surface area (Å²) in [5, 5.41) is 2.93. The van der Waals surface area contributed by atoms with Gasteiger partial charge in [-0.05, 0) is 24.6 Å². The fraction of sp³-hybridized carbons (Fsp3) is 0.417. The second kappa shape index (κ2) is 6.21. The number of hydrogen-bond donors (Lipinski definition) is 2. The Morgan fingerprint density at radius 1 is 1.50 bits per heavy atom. The van der Waals surface area contributed by atoms with Gasteiger partial charge in [-0.2, -0.15) is 0 Å². The number of carbonyl (C=O) groups excluding carboxylic acids is 1. The molecule has 1 aromatic carbocycles. The highest BCUT2D eigenvalue weighted by Gasteiger charge is 2.32. The molecule has 0 amide bonds. The van der Waals surface area contributed by atoms with E-state index in [4.69, 9.17) is 0 Å². The number of hydrogen-bond acceptors (Lipinski definition) is 5. The first-order chi connectivity index (χ1) is 9.42. The van der Waals surface area contributed by atoms with Crippen molar-refractivity contribution in [3.63, 3.8) is 0 Å². The fourth-order valence-electron chi connectivity index (χ4n) is 2.07. The molecule has 0 spiro atoms. The van der Waals surface area contributed by atoms with Gasteiger partial charge in [-0.3, -0.25) is 4.79 Å². The van der Waals surface area contributed by atoms with Crippen LogP contribution in [-0.4, -0.2) is 40.1 Å². The summed E-state index contributed by atoms with van der Waals surface area (Å²) in [5.74, 6) is -0.380. The van der Waals surface area contributed by atoms with Crippen LogP contribution in [0.15, 0.2) is 33.6 Å². The number of nitrogens with one attached hydrogen (secondary N) is 2. The maximum atomic E-state index is 12.2. The summed E-state index contributed by atoms with van der Waals surface area (Å²) in [5.41, 5.74) is 0. The van der Waals surface area contributed by atoms with E-state index in [2.05, 4.69) is 30.7 Å². The fourth-order valence-corrected chi connectivity index (χ4v) is 3.91. The van der Waals surface area contributed by atoms with Crippen molar-refractivity contribution in [2.45, 2.75) is 23.4 Å². The van der Waals surface area contributed by atoms with Crippen LogP contribution < -0.4 is 10.0 Å². The summed E-state index contributed by atoms with van der Waals surface area (Å²) in [7, 11) is -2.29. The molecule has 6 nitrogen and oxygen atoms in total. The van der Waals surface area contributed by atoms with Gasteiger partial charge in [0.2, 0.25) is 10.0 Å². The number of sulfonamides is 1. The number of methoxy groups -OCH3 is 1. The second-order valence-corrected chi connectivity index (χ2v) is 7.12. The van der Waals surface area contributed by atoms with E-state index in [9.17, 15) is 13.2 Å². The Bertz CT molecular complexity index is 605. The number of carbonyl (C=O) groups is 1. The third kappa shape index (κ3) is 3.57. The zero-order valence-electron chi connectivity index (χ0n) is 10.8. The first-order valence-corrected chi connectivity index (χ1v) is 8.29. The third-order valence-corrected chi connectivity index (χ3v) is 5.06. The minimum Gasteiger partial charge on any atom is -0.468 e. The highest BCUT2D eigenvalue weighted by molar-refractivity contribution is 9.10. The Balaban J connectivity index is 2.05. The summed E-state index contributed by atoms with van der Waals surface area (Å²) >= 11 is 3.24. The van der Waals surface area contributed by atoms with Crippen molar-refractivity contribution in [1.29, 1.82) is 0 Å². The second-order valence-electron chi connectivity index (χ2n) is 4.50. The van der Waals surface area contributed by atoms with Gasteiger partial charge in [-0.25, -0.2) is 13.1 Å². The molecule has 1 aliphatic heterocycles. The summed E-state index contributed by atoms with van der Waals surface area (Å²) < 4.78 is 32.3. The van der Waals surface area contributed by atoms with Crippen LogP contribution in [0.5, 0.6) is 0 Å². The molecule has 8 heteroatoms. The van der Waals surface area contributed by atoms with Gasteiger partial charge in [-0.15, -0.1) is 0 Å². The molecule has 0 bridgehead atoms. The van der Waals surface area contributed by atoms with Crippen LogP contribution in [0, 0.1) is 0 Å². The predicted octanol–water partition coefficient (Wildman–Crippen LogP) is 0.631. The molecule has 20 heavy (non-hydrogen) atoms. The van der Waals surface area contributed by atoms with Crippen molar-refractivity contribution >= 4 is 31.9 Å². The summed E-state index contributed by atoms with van der Waals surface area (Å²) in [6.07, 6.45) is 0.375. The summed E-state index contributed by atoms with van der Waals surface area (Å²) in [6.45, 7) is 0.396. The molecule has 110 valence electrons. The van der Waals surface area contributed by atoms with E-state index in [1.165, 1.54) is 19.2 Å². The Labute approximate surface area is 126 Å². The lowest BCUT2D eigenvalue weighted by atomic mass is 10.2. The first kappa shape index (κ1) is 15.4. The zero-order chi connectivity index (χ0) is 14.8. The molecule has 1 saturated heterocycles. The molecule has 2 unspecified atom stereocenters. The van der Waals surface area contributed by atoms with E-state index in [1.54, 1.807) is 12.1 Å². The van der Waals surface area contributed by atoms with Gasteiger partial charge in [0.25, 0.3) is 0 Å². The molecular formula is C12H15BrN2O4S. The average Bonchev–Trinajstić information content (AvgIpc) is 2.85. The molecule has 0 radical (unpaired) electrons. The van der Waals surface area contributed by atoms with Crippen molar-refractivity contribution < 1.29 is 17.9 Å². The van der Waals surface area contributed by atoms with Crippen molar-refractivity contribution in [2.75, 3.05) is 13.7 Å². The van der Waals surface area contributed by atoms with Gasteiger partial charge in [0.05, 0.1) is 12.0 Å². The molecule has 0 aromatic heterocycles. The Morgan fingerprint density at radius 3 is 2.90 bits per heavy atom. The number of benzene rings is 1. The zero-order valence-corrected chi connectivity index (χ0v) is 13.2. The van der Waals surface area contributed by atoms with E-state index in [0.717, 1.165) is 0 Å². The lowest BCUT2D eigenvalue weighted by Crippen LogP contribution is -2.36. The molecule has 1 aliphatic rings. The van der Waals surface area contributed by atoms with E-state index < -0.39 is 16.1 Å². The highest BCUT2D eigenvalue weighted by Crippen LogP contribution is 2.17. The third-order valence-electron chi connectivity index (χ3n) is 3.04. The maximum Gasteiger partial charge on any atom is 0.322 e. The minimum absolute atomic E-state index is 0.188. The SMILES string of the molecule is COC(=O)C1CC(NS(=O)(=O)c2cccc(Br)c2)CN1. The van der Waals surface area contributed by atoms with Gasteiger partial charge < -0.3 is 10.1 Å². The number of esters is 1. The van der Waals surface area contributed by atoms with Crippen LogP contribution in [0.4, 0.5) is 0 Å². The normalized spacial score (nSPS) is 22.7. The van der Waals surface area contributed by atoms with Gasteiger partial charge >= 0.3 is 5.97 Å². The molecule has 2 atom stereocenters. The topological polar surface area (TPSA) is 84.5 Å². The van der Waals surface area contributed by atoms with Crippen molar-refractivity contribution in [2.24, 2.45) is 0 Å².